The molecule has 5 nitrogen and oxygen atoms in total. The molecule has 1 aliphatic carbocycles. The molecule has 1 unspecified atom stereocenters. The Morgan fingerprint density at radius 1 is 1.33 bits per heavy atom. The quantitative estimate of drug-likeness (QED) is 0.820. The van der Waals surface area contributed by atoms with Gasteiger partial charge in [-0.25, -0.2) is 17.5 Å². The van der Waals surface area contributed by atoms with Gasteiger partial charge in [-0.15, -0.1) is 0 Å². The second kappa shape index (κ2) is 5.23. The Morgan fingerprint density at radius 3 is 2.71 bits per heavy atom. The van der Waals surface area contributed by atoms with Crippen LogP contribution < -0.4 is 10.5 Å². The van der Waals surface area contributed by atoms with E-state index in [0.29, 0.717) is 11.6 Å². The molecular weight excluding hydrogens is 293 g/mol. The SMILES string of the molecule is Cc1cc(F)c(N)cc1S(=O)(=O)NC1CCN(C2CC2)C1. The molecule has 1 aromatic carbocycles. The first kappa shape index (κ1) is 14.7. The van der Waals surface area contributed by atoms with Gasteiger partial charge in [0.05, 0.1) is 10.6 Å². The summed E-state index contributed by atoms with van der Waals surface area (Å²) in [5.74, 6) is -0.591. The molecule has 2 aliphatic rings. The first-order valence-corrected chi connectivity index (χ1v) is 8.67. The van der Waals surface area contributed by atoms with Gasteiger partial charge in [-0.3, -0.25) is 4.90 Å². The highest BCUT2D eigenvalue weighted by atomic mass is 32.2. The van der Waals surface area contributed by atoms with Gasteiger partial charge in [0.25, 0.3) is 0 Å². The highest BCUT2D eigenvalue weighted by Crippen LogP contribution is 2.30. The molecule has 0 aromatic heterocycles. The first-order valence-electron chi connectivity index (χ1n) is 7.19. The number of hydrogen-bond donors (Lipinski definition) is 2. The summed E-state index contributed by atoms with van der Waals surface area (Å²) in [6.45, 7) is 3.25. The van der Waals surface area contributed by atoms with E-state index in [1.165, 1.54) is 18.9 Å². The topological polar surface area (TPSA) is 75.4 Å². The summed E-state index contributed by atoms with van der Waals surface area (Å²) in [5.41, 5.74) is 5.71. The third kappa shape index (κ3) is 3.04. The van der Waals surface area contributed by atoms with Crippen LogP contribution in [0.15, 0.2) is 17.0 Å². The number of aryl methyl sites for hydroxylation is 1. The van der Waals surface area contributed by atoms with E-state index in [1.807, 2.05) is 0 Å². The zero-order valence-electron chi connectivity index (χ0n) is 12.0. The molecule has 1 saturated heterocycles. The maximum Gasteiger partial charge on any atom is 0.241 e. The predicted molar refractivity (Wildman–Crippen MR) is 78.9 cm³/mol. The predicted octanol–water partition coefficient (Wildman–Crippen LogP) is 1.23. The Hall–Kier alpha value is -1.18. The van der Waals surface area contributed by atoms with E-state index in [2.05, 4.69) is 9.62 Å². The number of benzene rings is 1. The molecule has 2 fully saturated rings. The van der Waals surface area contributed by atoms with Gasteiger partial charge >= 0.3 is 0 Å². The molecule has 3 N–H and O–H groups in total. The van der Waals surface area contributed by atoms with Crippen molar-refractivity contribution in [2.24, 2.45) is 0 Å². The standard InChI is InChI=1S/C14H20FN3O2S/c1-9-6-12(15)13(16)7-14(9)21(19,20)17-10-4-5-18(8-10)11-2-3-11/h6-7,10-11,17H,2-5,8,16H2,1H3. The van der Waals surface area contributed by atoms with Crippen molar-refractivity contribution in [3.63, 3.8) is 0 Å². The number of hydrogen-bond acceptors (Lipinski definition) is 4. The summed E-state index contributed by atoms with van der Waals surface area (Å²) >= 11 is 0. The molecule has 0 bridgehead atoms. The lowest BCUT2D eigenvalue weighted by Crippen LogP contribution is -2.37. The van der Waals surface area contributed by atoms with Gasteiger partial charge in [0.15, 0.2) is 0 Å². The van der Waals surface area contributed by atoms with Crippen LogP contribution in [0.4, 0.5) is 10.1 Å². The lowest BCUT2D eigenvalue weighted by Gasteiger charge is -2.17. The van der Waals surface area contributed by atoms with E-state index in [4.69, 9.17) is 5.73 Å². The maximum absolute atomic E-state index is 13.4. The van der Waals surface area contributed by atoms with E-state index >= 15 is 0 Å². The molecular formula is C14H20FN3O2S. The third-order valence-electron chi connectivity index (χ3n) is 4.19. The number of rotatable bonds is 4. The van der Waals surface area contributed by atoms with E-state index < -0.39 is 15.8 Å². The highest BCUT2D eigenvalue weighted by molar-refractivity contribution is 7.89. The Bertz CT molecular complexity index is 658. The van der Waals surface area contributed by atoms with E-state index in [-0.39, 0.29) is 16.6 Å². The molecule has 3 rings (SSSR count). The lowest BCUT2D eigenvalue weighted by atomic mass is 10.2. The zero-order valence-corrected chi connectivity index (χ0v) is 12.8. The second-order valence-electron chi connectivity index (χ2n) is 5.97. The van der Waals surface area contributed by atoms with Gasteiger partial charge in [-0.1, -0.05) is 0 Å². The number of nitrogens with one attached hydrogen (secondary N) is 1. The molecule has 1 aliphatic heterocycles. The second-order valence-corrected chi connectivity index (χ2v) is 7.65. The number of anilines is 1. The average Bonchev–Trinajstić information content (AvgIpc) is 3.15. The summed E-state index contributed by atoms with van der Waals surface area (Å²) in [5, 5.41) is 0. The van der Waals surface area contributed by atoms with Crippen molar-refractivity contribution in [2.75, 3.05) is 18.8 Å². The van der Waals surface area contributed by atoms with Crippen LogP contribution >= 0.6 is 0 Å². The van der Waals surface area contributed by atoms with E-state index in [9.17, 15) is 12.8 Å². The van der Waals surface area contributed by atoms with Crippen LogP contribution in [-0.4, -0.2) is 38.5 Å². The summed E-state index contributed by atoms with van der Waals surface area (Å²) in [6, 6.07) is 2.92. The summed E-state index contributed by atoms with van der Waals surface area (Å²) < 4.78 is 41.0. The van der Waals surface area contributed by atoms with Gasteiger partial charge in [0.1, 0.15) is 5.82 Å². The van der Waals surface area contributed by atoms with E-state index in [0.717, 1.165) is 25.6 Å². The fraction of sp³-hybridized carbons (Fsp3) is 0.571. The van der Waals surface area contributed by atoms with Gasteiger partial charge in [-0.05, 0) is 43.9 Å². The minimum absolute atomic E-state index is 0.0614. The van der Waals surface area contributed by atoms with Crippen LogP contribution in [0, 0.1) is 12.7 Å². The Labute approximate surface area is 124 Å². The van der Waals surface area contributed by atoms with Crippen molar-refractivity contribution >= 4 is 15.7 Å². The van der Waals surface area contributed by atoms with E-state index in [1.54, 1.807) is 6.92 Å². The summed E-state index contributed by atoms with van der Waals surface area (Å²) in [7, 11) is -3.67. The lowest BCUT2D eigenvalue weighted by molar-refractivity contribution is 0.322. The molecule has 1 heterocycles. The van der Waals surface area contributed by atoms with Gasteiger partial charge in [0, 0.05) is 25.2 Å². The monoisotopic (exact) mass is 313 g/mol. The number of halogens is 1. The van der Waals surface area contributed by atoms with Crippen molar-refractivity contribution in [2.45, 2.75) is 43.2 Å². The van der Waals surface area contributed by atoms with Crippen molar-refractivity contribution in [1.82, 2.24) is 9.62 Å². The minimum atomic E-state index is -3.67. The number of nitrogens with two attached hydrogens (primary N) is 1. The fourth-order valence-electron chi connectivity index (χ4n) is 2.90. The van der Waals surface area contributed by atoms with Crippen molar-refractivity contribution in [3.05, 3.63) is 23.5 Å². The molecule has 7 heteroatoms. The van der Waals surface area contributed by atoms with Crippen molar-refractivity contribution in [3.8, 4) is 0 Å². The summed E-state index contributed by atoms with van der Waals surface area (Å²) in [6.07, 6.45) is 3.24. The minimum Gasteiger partial charge on any atom is -0.396 e. The molecule has 116 valence electrons. The molecule has 1 saturated carbocycles. The smallest absolute Gasteiger partial charge is 0.241 e. The van der Waals surface area contributed by atoms with Crippen LogP contribution in [0.1, 0.15) is 24.8 Å². The largest absolute Gasteiger partial charge is 0.396 e. The number of nitrogens with zero attached hydrogens (tertiary/aromatic N) is 1. The summed E-state index contributed by atoms with van der Waals surface area (Å²) in [4.78, 5) is 2.39. The highest BCUT2D eigenvalue weighted by Gasteiger charge is 2.36. The van der Waals surface area contributed by atoms with Crippen molar-refractivity contribution in [1.29, 1.82) is 0 Å². The third-order valence-corrected chi connectivity index (χ3v) is 5.85. The van der Waals surface area contributed by atoms with Gasteiger partial charge in [-0.2, -0.15) is 0 Å². The Kier molecular flexibility index (Phi) is 3.67. The molecule has 1 atom stereocenters. The Balaban J connectivity index is 1.76. The van der Waals surface area contributed by atoms with Crippen LogP contribution in [0.5, 0.6) is 0 Å². The first-order chi connectivity index (χ1) is 9.87. The molecule has 0 spiro atoms. The van der Waals surface area contributed by atoms with Crippen molar-refractivity contribution < 1.29 is 12.8 Å². The zero-order chi connectivity index (χ0) is 15.2. The molecule has 0 amide bonds. The molecule has 21 heavy (non-hydrogen) atoms. The van der Waals surface area contributed by atoms with Crippen LogP contribution in [-0.2, 0) is 10.0 Å². The average molecular weight is 313 g/mol. The maximum atomic E-state index is 13.4. The Morgan fingerprint density at radius 2 is 2.05 bits per heavy atom. The number of sulfonamides is 1. The molecule has 1 aromatic rings. The van der Waals surface area contributed by atoms with Gasteiger partial charge in [0.2, 0.25) is 10.0 Å². The van der Waals surface area contributed by atoms with Gasteiger partial charge < -0.3 is 5.73 Å². The normalized spacial score (nSPS) is 23.6. The fourth-order valence-corrected chi connectivity index (χ4v) is 4.42. The van der Waals surface area contributed by atoms with Crippen LogP contribution in [0.25, 0.3) is 0 Å². The van der Waals surface area contributed by atoms with Crippen LogP contribution in [0.3, 0.4) is 0 Å². The molecule has 0 radical (unpaired) electrons. The number of likely N-dealkylation sites (tertiary alicyclic amines) is 1. The number of nitrogen functional groups attached to an aromatic ring is 1. The van der Waals surface area contributed by atoms with Crippen LogP contribution in [0.2, 0.25) is 0 Å².